The first-order chi connectivity index (χ1) is 13.0. The first kappa shape index (κ1) is 19.6. The number of carbonyl (C=O) groups is 2. The first-order valence-electron chi connectivity index (χ1n) is 10.1. The van der Waals surface area contributed by atoms with Crippen molar-refractivity contribution in [2.24, 2.45) is 0 Å². The molecule has 0 saturated carbocycles. The van der Waals surface area contributed by atoms with Crippen LogP contribution < -0.4 is 10.2 Å². The molecule has 0 spiro atoms. The van der Waals surface area contributed by atoms with E-state index < -0.39 is 0 Å². The van der Waals surface area contributed by atoms with E-state index in [0.29, 0.717) is 25.8 Å². The minimum atomic E-state index is -0.0756. The molecule has 1 atom stereocenters. The van der Waals surface area contributed by atoms with E-state index in [0.717, 1.165) is 49.3 Å². The number of hydrogen-bond donors (Lipinski definition) is 1. The fraction of sp³-hybridized carbons (Fsp3) is 0.545. The number of ketones is 1. The maximum atomic E-state index is 13.0. The highest BCUT2D eigenvalue weighted by Gasteiger charge is 2.33. The molecule has 2 aliphatic heterocycles. The molecular formula is C22H31N3O2. The van der Waals surface area contributed by atoms with E-state index in [2.05, 4.69) is 28.9 Å². The Morgan fingerprint density at radius 3 is 2.67 bits per heavy atom. The molecule has 0 bridgehead atoms. The Bertz CT molecular complexity index is 722. The van der Waals surface area contributed by atoms with Crippen molar-refractivity contribution in [3.8, 4) is 0 Å². The zero-order valence-corrected chi connectivity index (χ0v) is 16.6. The molecule has 27 heavy (non-hydrogen) atoms. The van der Waals surface area contributed by atoms with Crippen molar-refractivity contribution in [1.29, 1.82) is 0 Å². The summed E-state index contributed by atoms with van der Waals surface area (Å²) in [6, 6.07) is 6.11. The molecule has 1 aromatic rings. The lowest BCUT2D eigenvalue weighted by Gasteiger charge is -2.29. The van der Waals surface area contributed by atoms with E-state index in [9.17, 15) is 9.59 Å². The van der Waals surface area contributed by atoms with Gasteiger partial charge in [0.1, 0.15) is 5.78 Å². The van der Waals surface area contributed by atoms with Crippen molar-refractivity contribution in [3.05, 3.63) is 41.5 Å². The molecule has 0 radical (unpaired) electrons. The van der Waals surface area contributed by atoms with Crippen LogP contribution in [-0.2, 0) is 11.3 Å². The highest BCUT2D eigenvalue weighted by Crippen LogP contribution is 2.31. The topological polar surface area (TPSA) is 52.7 Å². The smallest absolute Gasteiger partial charge is 0.255 e. The highest BCUT2D eigenvalue weighted by atomic mass is 16.2. The summed E-state index contributed by atoms with van der Waals surface area (Å²) in [7, 11) is 0. The van der Waals surface area contributed by atoms with E-state index in [1.807, 2.05) is 24.8 Å². The van der Waals surface area contributed by atoms with Crippen LogP contribution in [0.15, 0.2) is 30.4 Å². The van der Waals surface area contributed by atoms with Gasteiger partial charge in [-0.2, -0.15) is 0 Å². The summed E-state index contributed by atoms with van der Waals surface area (Å²) in [5, 5.41) is 3.37. The summed E-state index contributed by atoms with van der Waals surface area (Å²) in [5.41, 5.74) is 4.01. The Labute approximate surface area is 162 Å². The minimum Gasteiger partial charge on any atom is -0.369 e. The maximum absolute atomic E-state index is 13.0. The Hall–Kier alpha value is -2.14. The molecule has 0 aromatic heterocycles. The summed E-state index contributed by atoms with van der Waals surface area (Å²) in [4.78, 5) is 29.2. The number of nitrogens with zero attached hydrogens (tertiary/aromatic N) is 2. The van der Waals surface area contributed by atoms with Gasteiger partial charge in [-0.25, -0.2) is 0 Å². The molecule has 5 heteroatoms. The monoisotopic (exact) mass is 369 g/mol. The second-order valence-corrected chi connectivity index (χ2v) is 7.70. The molecule has 0 aliphatic carbocycles. The quantitative estimate of drug-likeness (QED) is 0.715. The van der Waals surface area contributed by atoms with Crippen molar-refractivity contribution >= 4 is 17.4 Å². The predicted molar refractivity (Wildman–Crippen MR) is 109 cm³/mol. The van der Waals surface area contributed by atoms with Gasteiger partial charge < -0.3 is 15.1 Å². The van der Waals surface area contributed by atoms with Crippen LogP contribution in [0.3, 0.4) is 0 Å². The first-order valence-corrected chi connectivity index (χ1v) is 10.1. The van der Waals surface area contributed by atoms with Crippen molar-refractivity contribution in [2.45, 2.75) is 52.1 Å². The largest absolute Gasteiger partial charge is 0.369 e. The van der Waals surface area contributed by atoms with Gasteiger partial charge in [0.05, 0.1) is 6.04 Å². The predicted octanol–water partition coefficient (Wildman–Crippen LogP) is 3.15. The van der Waals surface area contributed by atoms with Gasteiger partial charge in [-0.3, -0.25) is 9.59 Å². The summed E-state index contributed by atoms with van der Waals surface area (Å²) in [6.45, 7) is 12.6. The average Bonchev–Trinajstić information content (AvgIpc) is 2.98. The average molecular weight is 370 g/mol. The van der Waals surface area contributed by atoms with Gasteiger partial charge in [0.25, 0.3) is 5.91 Å². The number of carbonyl (C=O) groups excluding carboxylic acids is 2. The molecule has 5 nitrogen and oxygen atoms in total. The minimum absolute atomic E-state index is 0.0628. The van der Waals surface area contributed by atoms with Gasteiger partial charge in [-0.05, 0) is 43.5 Å². The molecule has 2 aliphatic rings. The van der Waals surface area contributed by atoms with Crippen LogP contribution >= 0.6 is 0 Å². The fourth-order valence-corrected chi connectivity index (χ4v) is 4.07. The van der Waals surface area contributed by atoms with Gasteiger partial charge in [-0.1, -0.05) is 19.1 Å². The number of piperazine rings is 1. The van der Waals surface area contributed by atoms with E-state index in [1.54, 1.807) is 0 Å². The summed E-state index contributed by atoms with van der Waals surface area (Å²) < 4.78 is 0. The van der Waals surface area contributed by atoms with Crippen molar-refractivity contribution in [3.63, 3.8) is 0 Å². The maximum Gasteiger partial charge on any atom is 0.255 e. The van der Waals surface area contributed by atoms with Gasteiger partial charge in [-0.15, -0.1) is 0 Å². The molecule has 1 amide bonds. The summed E-state index contributed by atoms with van der Waals surface area (Å²) >= 11 is 0. The number of hydrogen-bond acceptors (Lipinski definition) is 4. The SMILES string of the molecule is C=C(C)C(CCC(=O)CCC)N1Cc2cc(N3CCNCC3)ccc2C1=O. The third kappa shape index (κ3) is 4.41. The number of anilines is 1. The third-order valence-electron chi connectivity index (χ3n) is 5.57. The number of benzene rings is 1. The van der Waals surface area contributed by atoms with Gasteiger partial charge in [0.15, 0.2) is 0 Å². The van der Waals surface area contributed by atoms with Crippen LogP contribution in [-0.4, -0.2) is 48.8 Å². The van der Waals surface area contributed by atoms with Crippen molar-refractivity contribution in [1.82, 2.24) is 10.2 Å². The Morgan fingerprint density at radius 2 is 2.00 bits per heavy atom. The van der Waals surface area contributed by atoms with Gasteiger partial charge >= 0.3 is 0 Å². The number of fused-ring (bicyclic) bond motifs is 1. The Morgan fingerprint density at radius 1 is 1.26 bits per heavy atom. The molecular weight excluding hydrogens is 338 g/mol. The lowest BCUT2D eigenvalue weighted by Crippen LogP contribution is -2.43. The van der Waals surface area contributed by atoms with Crippen LogP contribution in [0.1, 0.15) is 55.5 Å². The molecule has 1 fully saturated rings. The lowest BCUT2D eigenvalue weighted by atomic mass is 10.00. The fourth-order valence-electron chi connectivity index (χ4n) is 4.07. The Kier molecular flexibility index (Phi) is 6.32. The zero-order chi connectivity index (χ0) is 19.4. The second-order valence-electron chi connectivity index (χ2n) is 7.70. The van der Waals surface area contributed by atoms with Crippen molar-refractivity contribution < 1.29 is 9.59 Å². The molecule has 1 saturated heterocycles. The van der Waals surface area contributed by atoms with Gasteiger partial charge in [0.2, 0.25) is 0 Å². The molecule has 1 aromatic carbocycles. The van der Waals surface area contributed by atoms with Crippen LogP contribution in [0, 0.1) is 0 Å². The lowest BCUT2D eigenvalue weighted by molar-refractivity contribution is -0.119. The van der Waals surface area contributed by atoms with E-state index >= 15 is 0 Å². The molecule has 1 unspecified atom stereocenters. The normalized spacial score (nSPS) is 17.8. The Balaban J connectivity index is 1.73. The summed E-state index contributed by atoms with van der Waals surface area (Å²) in [5.74, 6) is 0.335. The van der Waals surface area contributed by atoms with Crippen LogP contribution in [0.4, 0.5) is 5.69 Å². The third-order valence-corrected chi connectivity index (χ3v) is 5.57. The van der Waals surface area contributed by atoms with E-state index in [1.165, 1.54) is 5.69 Å². The van der Waals surface area contributed by atoms with Crippen LogP contribution in [0.25, 0.3) is 0 Å². The van der Waals surface area contributed by atoms with E-state index in [4.69, 9.17) is 0 Å². The van der Waals surface area contributed by atoms with Gasteiger partial charge in [0, 0.05) is 56.8 Å². The molecule has 1 N–H and O–H groups in total. The van der Waals surface area contributed by atoms with Crippen LogP contribution in [0.2, 0.25) is 0 Å². The van der Waals surface area contributed by atoms with Crippen LogP contribution in [0.5, 0.6) is 0 Å². The zero-order valence-electron chi connectivity index (χ0n) is 16.6. The molecule has 146 valence electrons. The van der Waals surface area contributed by atoms with E-state index in [-0.39, 0.29) is 17.7 Å². The number of rotatable bonds is 8. The standard InChI is InChI=1S/C22H31N3O2/c1-4-5-19(26)7-9-21(16(2)3)25-15-17-14-18(6-8-20(17)22(25)27)24-12-10-23-11-13-24/h6,8,14,21,23H,2,4-5,7,9-13,15H2,1,3H3. The number of Topliss-reactive ketones (excluding diaryl/α,β-unsaturated/α-hetero) is 1. The molecule has 2 heterocycles. The number of amides is 1. The van der Waals surface area contributed by atoms with Crippen molar-refractivity contribution in [2.75, 3.05) is 31.1 Å². The highest BCUT2D eigenvalue weighted by molar-refractivity contribution is 5.99. The summed E-state index contributed by atoms with van der Waals surface area (Å²) in [6.07, 6.45) is 2.67. The second kappa shape index (κ2) is 8.70. The molecule has 3 rings (SSSR count). The number of nitrogens with one attached hydrogen (secondary N) is 1.